The summed E-state index contributed by atoms with van der Waals surface area (Å²) in [4.78, 5) is 2.70. The van der Waals surface area contributed by atoms with E-state index in [2.05, 4.69) is 41.4 Å². The summed E-state index contributed by atoms with van der Waals surface area (Å²) < 4.78 is 0. The molecule has 0 heterocycles. The van der Waals surface area contributed by atoms with Crippen LogP contribution in [0.3, 0.4) is 0 Å². The van der Waals surface area contributed by atoms with Crippen LogP contribution in [0.15, 0.2) is 41.0 Å². The molecular weight excluding hydrogens is 338 g/mol. The quantitative estimate of drug-likeness (QED) is 0.168. The molecular formula is C22H27N3O2. The van der Waals surface area contributed by atoms with Gasteiger partial charge < -0.3 is 10.2 Å². The largest absolute Gasteiger partial charge is 0.507 e. The van der Waals surface area contributed by atoms with E-state index in [1.54, 1.807) is 12.1 Å². The molecule has 1 unspecified atom stereocenters. The first-order valence-corrected chi connectivity index (χ1v) is 9.28. The molecule has 1 aromatic rings. The van der Waals surface area contributed by atoms with Gasteiger partial charge in [0.15, 0.2) is 0 Å². The van der Waals surface area contributed by atoms with E-state index in [4.69, 9.17) is 5.53 Å². The Hall–Kier alpha value is -2.83. The van der Waals surface area contributed by atoms with Gasteiger partial charge in [-0.1, -0.05) is 34.8 Å². The Labute approximate surface area is 161 Å². The summed E-state index contributed by atoms with van der Waals surface area (Å²) in [5.41, 5.74) is 11.9. The van der Waals surface area contributed by atoms with Crippen molar-refractivity contribution >= 4 is 0 Å². The number of phenols is 2. The molecule has 2 atom stereocenters. The highest BCUT2D eigenvalue weighted by atomic mass is 16.3. The third-order valence-electron chi connectivity index (χ3n) is 4.95. The van der Waals surface area contributed by atoms with Crippen LogP contribution in [0.1, 0.15) is 56.6 Å². The number of aromatic hydroxyl groups is 2. The first-order valence-electron chi connectivity index (χ1n) is 9.28. The van der Waals surface area contributed by atoms with Crippen LogP contribution in [0.25, 0.3) is 10.4 Å². The van der Waals surface area contributed by atoms with Gasteiger partial charge in [-0.15, -0.1) is 5.92 Å². The van der Waals surface area contributed by atoms with Crippen molar-refractivity contribution < 1.29 is 10.2 Å². The van der Waals surface area contributed by atoms with E-state index in [1.165, 1.54) is 5.57 Å². The first-order chi connectivity index (χ1) is 12.9. The van der Waals surface area contributed by atoms with Gasteiger partial charge in [-0.25, -0.2) is 0 Å². The Morgan fingerprint density at radius 2 is 2.04 bits per heavy atom. The molecule has 2 N–H and O–H groups in total. The molecule has 0 spiro atoms. The van der Waals surface area contributed by atoms with Crippen LogP contribution in [0, 0.1) is 17.8 Å². The van der Waals surface area contributed by atoms with Crippen molar-refractivity contribution in [3.05, 3.63) is 57.5 Å². The first kappa shape index (κ1) is 20.5. The molecule has 0 aliphatic heterocycles. The maximum absolute atomic E-state index is 10.6. The van der Waals surface area contributed by atoms with Crippen LogP contribution in [-0.2, 0) is 6.42 Å². The summed E-state index contributed by atoms with van der Waals surface area (Å²) in [5, 5.41) is 24.7. The number of phenolic OH excluding ortho intramolecular Hbond substituents is 2. The predicted octanol–water partition coefficient (Wildman–Crippen LogP) is 5.75. The standard InChI is InChI=1S/C22H27N3O2/c1-15(2)18-10-9-16(3)12-19(18)22-20(26)13-17(14-21(22)27)8-6-4-5-7-11-24-25-23/h12-14,18-19,26-27H,1,5,7-11H2,2-3H3/t18-,19?/m0/s1. The molecule has 1 aliphatic carbocycles. The second-order valence-corrected chi connectivity index (χ2v) is 7.17. The second kappa shape index (κ2) is 9.75. The summed E-state index contributed by atoms with van der Waals surface area (Å²) in [5.74, 6) is 6.43. The van der Waals surface area contributed by atoms with Crippen LogP contribution in [0.4, 0.5) is 0 Å². The number of hydrogen-bond donors (Lipinski definition) is 2. The fraction of sp³-hybridized carbons (Fsp3) is 0.455. The van der Waals surface area contributed by atoms with E-state index in [0.717, 1.165) is 30.4 Å². The number of allylic oxidation sites excluding steroid dienone is 3. The van der Waals surface area contributed by atoms with Gasteiger partial charge in [0.2, 0.25) is 0 Å². The lowest BCUT2D eigenvalue weighted by Gasteiger charge is -2.31. The highest BCUT2D eigenvalue weighted by Crippen LogP contribution is 2.46. The molecule has 0 amide bonds. The predicted molar refractivity (Wildman–Crippen MR) is 109 cm³/mol. The Bertz CT molecular complexity index is 816. The summed E-state index contributed by atoms with van der Waals surface area (Å²) >= 11 is 0. The van der Waals surface area contributed by atoms with E-state index in [0.29, 0.717) is 24.9 Å². The van der Waals surface area contributed by atoms with Gasteiger partial charge in [0, 0.05) is 35.8 Å². The van der Waals surface area contributed by atoms with Gasteiger partial charge in [-0.3, -0.25) is 0 Å². The van der Waals surface area contributed by atoms with E-state index in [9.17, 15) is 10.2 Å². The SMILES string of the molecule is C=C(C)[C@@H]1CCC(C)=CC1c1c(O)cc(CC#CCCCN=[N+]=[N-])cc1O. The molecule has 0 radical (unpaired) electrons. The van der Waals surface area contributed by atoms with Gasteiger partial charge in [0.05, 0.1) is 0 Å². The maximum atomic E-state index is 10.6. The Morgan fingerprint density at radius 1 is 1.33 bits per heavy atom. The second-order valence-electron chi connectivity index (χ2n) is 7.17. The van der Waals surface area contributed by atoms with Crippen LogP contribution in [0.2, 0.25) is 0 Å². The van der Waals surface area contributed by atoms with E-state index < -0.39 is 0 Å². The van der Waals surface area contributed by atoms with Crippen molar-refractivity contribution in [2.45, 2.75) is 51.9 Å². The fourth-order valence-corrected chi connectivity index (χ4v) is 3.57. The molecule has 5 heteroatoms. The minimum absolute atomic E-state index is 0.0583. The Morgan fingerprint density at radius 3 is 2.67 bits per heavy atom. The minimum atomic E-state index is -0.0583. The molecule has 142 valence electrons. The average molecular weight is 365 g/mol. The molecule has 1 aromatic carbocycles. The molecule has 2 rings (SSSR count). The van der Waals surface area contributed by atoms with Gasteiger partial charge >= 0.3 is 0 Å². The van der Waals surface area contributed by atoms with Gasteiger partial charge in [-0.05, 0) is 62.3 Å². The lowest BCUT2D eigenvalue weighted by molar-refractivity contribution is 0.406. The van der Waals surface area contributed by atoms with Crippen molar-refractivity contribution in [2.75, 3.05) is 6.54 Å². The third kappa shape index (κ3) is 5.57. The summed E-state index contributed by atoms with van der Waals surface area (Å²) in [6.07, 6.45) is 5.96. The van der Waals surface area contributed by atoms with Gasteiger partial charge in [0.25, 0.3) is 0 Å². The monoisotopic (exact) mass is 365 g/mol. The summed E-state index contributed by atoms with van der Waals surface area (Å²) in [6.45, 7) is 8.63. The van der Waals surface area contributed by atoms with E-state index in [-0.39, 0.29) is 23.3 Å². The summed E-state index contributed by atoms with van der Waals surface area (Å²) in [7, 11) is 0. The zero-order valence-electron chi connectivity index (χ0n) is 16.1. The average Bonchev–Trinajstić information content (AvgIpc) is 2.60. The normalized spacial score (nSPS) is 18.7. The molecule has 0 saturated carbocycles. The number of nitrogens with zero attached hydrogens (tertiary/aromatic N) is 3. The lowest BCUT2D eigenvalue weighted by Crippen LogP contribution is -2.17. The molecule has 5 nitrogen and oxygen atoms in total. The molecule has 27 heavy (non-hydrogen) atoms. The zero-order chi connectivity index (χ0) is 19.8. The highest BCUT2D eigenvalue weighted by Gasteiger charge is 2.29. The van der Waals surface area contributed by atoms with E-state index in [1.807, 2.05) is 6.92 Å². The van der Waals surface area contributed by atoms with Crippen LogP contribution < -0.4 is 0 Å². The topological polar surface area (TPSA) is 89.2 Å². The number of benzene rings is 1. The minimum Gasteiger partial charge on any atom is -0.507 e. The van der Waals surface area contributed by atoms with Gasteiger partial charge in [-0.2, -0.15) is 0 Å². The molecule has 0 bridgehead atoms. The number of unbranched alkanes of at least 4 members (excludes halogenated alkanes) is 1. The van der Waals surface area contributed by atoms with Crippen molar-refractivity contribution in [1.29, 1.82) is 0 Å². The summed E-state index contributed by atoms with van der Waals surface area (Å²) in [6, 6.07) is 3.38. The number of azide groups is 1. The maximum Gasteiger partial charge on any atom is 0.123 e. The van der Waals surface area contributed by atoms with Crippen LogP contribution in [-0.4, -0.2) is 16.8 Å². The van der Waals surface area contributed by atoms with Gasteiger partial charge in [0.1, 0.15) is 11.5 Å². The van der Waals surface area contributed by atoms with Crippen LogP contribution >= 0.6 is 0 Å². The zero-order valence-corrected chi connectivity index (χ0v) is 16.1. The van der Waals surface area contributed by atoms with Crippen molar-refractivity contribution in [3.63, 3.8) is 0 Å². The molecule has 0 fully saturated rings. The Balaban J connectivity index is 2.16. The smallest absolute Gasteiger partial charge is 0.123 e. The van der Waals surface area contributed by atoms with Crippen molar-refractivity contribution in [3.8, 4) is 23.3 Å². The lowest BCUT2D eigenvalue weighted by atomic mass is 9.73. The van der Waals surface area contributed by atoms with Crippen molar-refractivity contribution in [2.24, 2.45) is 11.0 Å². The highest BCUT2D eigenvalue weighted by molar-refractivity contribution is 5.52. The molecule has 1 aliphatic rings. The molecule has 0 aromatic heterocycles. The van der Waals surface area contributed by atoms with Crippen LogP contribution in [0.5, 0.6) is 11.5 Å². The number of rotatable bonds is 6. The third-order valence-corrected chi connectivity index (χ3v) is 4.95. The van der Waals surface area contributed by atoms with E-state index >= 15 is 0 Å². The number of hydrogen-bond acceptors (Lipinski definition) is 3. The Kier molecular flexibility index (Phi) is 7.40. The fourth-order valence-electron chi connectivity index (χ4n) is 3.57. The van der Waals surface area contributed by atoms with Crippen molar-refractivity contribution in [1.82, 2.24) is 0 Å². The molecule has 0 saturated heterocycles.